The van der Waals surface area contributed by atoms with E-state index < -0.39 is 12.5 Å². The van der Waals surface area contributed by atoms with Crippen LogP contribution in [0.2, 0.25) is 0 Å². The number of carbonyl (C=O) groups excluding carboxylic acids is 1. The maximum Gasteiger partial charge on any atom is 0.387 e. The monoisotopic (exact) mass is 462 g/mol. The lowest BCUT2D eigenvalue weighted by Crippen LogP contribution is -2.29. The molecule has 168 valence electrons. The zero-order valence-corrected chi connectivity index (χ0v) is 18.2. The van der Waals surface area contributed by atoms with E-state index in [0.717, 1.165) is 11.3 Å². The van der Waals surface area contributed by atoms with Gasteiger partial charge in [-0.15, -0.1) is 11.3 Å². The Morgan fingerprint density at radius 3 is 2.50 bits per heavy atom. The average molecular weight is 462 g/mol. The van der Waals surface area contributed by atoms with Gasteiger partial charge in [-0.05, 0) is 35.9 Å². The van der Waals surface area contributed by atoms with Crippen molar-refractivity contribution in [2.45, 2.75) is 6.61 Å². The summed E-state index contributed by atoms with van der Waals surface area (Å²) in [5, 5.41) is 2.71. The second kappa shape index (κ2) is 10.1. The fourth-order valence-electron chi connectivity index (χ4n) is 2.86. The molecule has 1 amide bonds. The van der Waals surface area contributed by atoms with Crippen molar-refractivity contribution in [3.63, 3.8) is 0 Å². The van der Waals surface area contributed by atoms with E-state index in [4.69, 9.17) is 9.47 Å². The summed E-state index contributed by atoms with van der Waals surface area (Å²) in [6.45, 7) is -3.02. The summed E-state index contributed by atoms with van der Waals surface area (Å²) < 4.78 is 42.1. The topological polar surface area (TPSA) is 78.8 Å². The summed E-state index contributed by atoms with van der Waals surface area (Å²) in [5.74, 6) is 0.0656. The second-order valence-corrected chi connectivity index (χ2v) is 7.50. The fraction of sp³-hybridized carbons (Fsp3) is 0.182. The van der Waals surface area contributed by atoms with Crippen LogP contribution in [0.1, 0.15) is 5.56 Å². The first-order valence-electron chi connectivity index (χ1n) is 9.28. The lowest BCUT2D eigenvalue weighted by molar-refractivity contribution is -0.110. The molecule has 0 aliphatic rings. The maximum atomic E-state index is 12.7. The molecular formula is C22H20F2N2O5S. The van der Waals surface area contributed by atoms with Gasteiger partial charge < -0.3 is 24.1 Å². The molecule has 0 aliphatic carbocycles. The number of thiazole rings is 1. The van der Waals surface area contributed by atoms with Crippen LogP contribution in [0.3, 0.4) is 0 Å². The minimum absolute atomic E-state index is 0.142. The van der Waals surface area contributed by atoms with E-state index in [1.54, 1.807) is 30.3 Å². The number of ether oxygens (including phenoxy) is 3. The van der Waals surface area contributed by atoms with Crippen LogP contribution < -0.4 is 34.3 Å². The molecule has 1 N–H and O–H groups in total. The van der Waals surface area contributed by atoms with E-state index >= 15 is 0 Å². The Hall–Kier alpha value is -3.66. The molecule has 3 rings (SSSR count). The molecule has 1 aromatic heterocycles. The molecule has 0 atom stereocenters. The lowest BCUT2D eigenvalue weighted by Gasteiger charge is -2.10. The highest BCUT2D eigenvalue weighted by molar-refractivity contribution is 7.07. The van der Waals surface area contributed by atoms with Crippen molar-refractivity contribution in [2.24, 2.45) is 7.05 Å². The van der Waals surface area contributed by atoms with Gasteiger partial charge in [0.1, 0.15) is 10.4 Å². The minimum atomic E-state index is -3.02. The minimum Gasteiger partial charge on any atom is -0.495 e. The average Bonchev–Trinajstić information content (AvgIpc) is 3.01. The van der Waals surface area contributed by atoms with E-state index in [0.29, 0.717) is 26.2 Å². The van der Waals surface area contributed by atoms with Gasteiger partial charge in [-0.3, -0.25) is 9.59 Å². The van der Waals surface area contributed by atoms with E-state index in [9.17, 15) is 18.4 Å². The Balaban J connectivity index is 1.95. The number of benzene rings is 2. The van der Waals surface area contributed by atoms with Crippen LogP contribution in [0, 0.1) is 0 Å². The molecule has 0 saturated heterocycles. The molecule has 32 heavy (non-hydrogen) atoms. The first kappa shape index (κ1) is 23.0. The number of hydrogen-bond donors (Lipinski definition) is 1. The van der Waals surface area contributed by atoms with Gasteiger partial charge in [-0.2, -0.15) is 8.78 Å². The standard InChI is InChI=1S/C22H20F2N2O5S/c1-26-20(12-19(27)25-14-6-4-5-7-15(14)29-2)32-18(21(26)28)11-13-8-9-16(30-3)17(10-13)31-22(23)24/h4-12,22H,1-3H3,(H,25,27). The van der Waals surface area contributed by atoms with Crippen molar-refractivity contribution in [2.75, 3.05) is 19.5 Å². The van der Waals surface area contributed by atoms with Crippen LogP contribution in [-0.2, 0) is 11.8 Å². The molecule has 0 unspecified atom stereocenters. The Morgan fingerprint density at radius 2 is 1.81 bits per heavy atom. The highest BCUT2D eigenvalue weighted by atomic mass is 32.1. The summed E-state index contributed by atoms with van der Waals surface area (Å²) in [7, 11) is 4.37. The van der Waals surface area contributed by atoms with Gasteiger partial charge in [0, 0.05) is 13.1 Å². The normalized spacial score (nSPS) is 12.2. The molecule has 0 saturated carbocycles. The fourth-order valence-corrected chi connectivity index (χ4v) is 3.89. The molecular weight excluding hydrogens is 442 g/mol. The summed E-state index contributed by atoms with van der Waals surface area (Å²) in [6, 6.07) is 11.4. The number of aromatic nitrogens is 1. The number of carbonyl (C=O) groups is 1. The third-order valence-corrected chi connectivity index (χ3v) is 5.49. The SMILES string of the molecule is COc1ccccc1NC(=O)C=c1sc(=Cc2ccc(OC)c(OC(F)F)c2)c(=O)n1C. The molecule has 0 aliphatic heterocycles. The number of anilines is 1. The molecule has 7 nitrogen and oxygen atoms in total. The number of amides is 1. The molecule has 2 aromatic carbocycles. The number of nitrogens with one attached hydrogen (secondary N) is 1. The quantitative estimate of drug-likeness (QED) is 0.583. The summed E-state index contributed by atoms with van der Waals surface area (Å²) >= 11 is 1.09. The van der Waals surface area contributed by atoms with Crippen LogP contribution in [0.15, 0.2) is 47.3 Å². The summed E-state index contributed by atoms with van der Waals surface area (Å²) in [5.41, 5.74) is 0.623. The Kier molecular flexibility index (Phi) is 7.26. The van der Waals surface area contributed by atoms with Crippen molar-refractivity contribution in [1.29, 1.82) is 0 Å². The summed E-state index contributed by atoms with van der Waals surface area (Å²) in [4.78, 5) is 25.1. The van der Waals surface area contributed by atoms with Gasteiger partial charge in [-0.25, -0.2) is 0 Å². The van der Waals surface area contributed by atoms with E-state index in [-0.39, 0.29) is 17.1 Å². The predicted octanol–water partition coefficient (Wildman–Crippen LogP) is 2.31. The number of nitrogens with zero attached hydrogens (tertiary/aromatic N) is 1. The highest BCUT2D eigenvalue weighted by Gasteiger charge is 2.11. The number of hydrogen-bond acceptors (Lipinski definition) is 6. The molecule has 0 fully saturated rings. The van der Waals surface area contributed by atoms with E-state index in [2.05, 4.69) is 10.1 Å². The van der Waals surface area contributed by atoms with Crippen molar-refractivity contribution in [3.05, 3.63) is 67.6 Å². The predicted molar refractivity (Wildman–Crippen MR) is 118 cm³/mol. The van der Waals surface area contributed by atoms with Crippen molar-refractivity contribution in [3.8, 4) is 17.2 Å². The number of alkyl halides is 2. The number of para-hydroxylation sites is 2. The zero-order valence-electron chi connectivity index (χ0n) is 17.4. The van der Waals surface area contributed by atoms with Crippen LogP contribution in [0.25, 0.3) is 12.2 Å². The third-order valence-electron chi connectivity index (χ3n) is 4.38. The van der Waals surface area contributed by atoms with Gasteiger partial charge in [0.2, 0.25) is 0 Å². The molecule has 0 bridgehead atoms. The van der Waals surface area contributed by atoms with Crippen LogP contribution >= 0.6 is 11.3 Å². The molecule has 3 aromatic rings. The molecule has 10 heteroatoms. The van der Waals surface area contributed by atoms with Gasteiger partial charge in [0.05, 0.1) is 24.4 Å². The molecule has 0 spiro atoms. The highest BCUT2D eigenvalue weighted by Crippen LogP contribution is 2.29. The number of halogens is 2. The first-order chi connectivity index (χ1) is 15.3. The third kappa shape index (κ3) is 5.33. The Bertz CT molecular complexity index is 1300. The zero-order chi connectivity index (χ0) is 23.3. The molecule has 1 heterocycles. The smallest absolute Gasteiger partial charge is 0.387 e. The van der Waals surface area contributed by atoms with Gasteiger partial charge in [-0.1, -0.05) is 18.2 Å². The Labute approximate surface area is 185 Å². The van der Waals surface area contributed by atoms with Gasteiger partial charge in [0.15, 0.2) is 11.5 Å². The lowest BCUT2D eigenvalue weighted by atomic mass is 10.2. The van der Waals surface area contributed by atoms with Crippen molar-refractivity contribution < 1.29 is 27.8 Å². The van der Waals surface area contributed by atoms with Gasteiger partial charge >= 0.3 is 6.61 Å². The van der Waals surface area contributed by atoms with E-state index in [1.807, 2.05) is 0 Å². The molecule has 0 radical (unpaired) electrons. The number of methoxy groups -OCH3 is 2. The second-order valence-electron chi connectivity index (χ2n) is 6.44. The maximum absolute atomic E-state index is 12.7. The van der Waals surface area contributed by atoms with Crippen molar-refractivity contribution in [1.82, 2.24) is 4.57 Å². The first-order valence-corrected chi connectivity index (χ1v) is 10.1. The van der Waals surface area contributed by atoms with Gasteiger partial charge in [0.25, 0.3) is 11.5 Å². The number of rotatable bonds is 7. The Morgan fingerprint density at radius 1 is 1.09 bits per heavy atom. The largest absolute Gasteiger partial charge is 0.495 e. The summed E-state index contributed by atoms with van der Waals surface area (Å²) in [6.07, 6.45) is 2.83. The van der Waals surface area contributed by atoms with Crippen LogP contribution in [0.4, 0.5) is 14.5 Å². The van der Waals surface area contributed by atoms with Crippen LogP contribution in [-0.4, -0.2) is 31.3 Å². The van der Waals surface area contributed by atoms with Crippen molar-refractivity contribution >= 4 is 35.1 Å². The van der Waals surface area contributed by atoms with E-state index in [1.165, 1.54) is 50.1 Å². The van der Waals surface area contributed by atoms with Crippen LogP contribution in [0.5, 0.6) is 17.2 Å².